The zero-order valence-electron chi connectivity index (χ0n) is 18.0. The Labute approximate surface area is 189 Å². The van der Waals surface area contributed by atoms with Crippen LogP contribution in [0.4, 0.5) is 18.9 Å². The second kappa shape index (κ2) is 8.86. The average molecular weight is 450 g/mol. The normalized spacial score (nSPS) is 11.3. The first-order valence-electron chi connectivity index (χ1n) is 10.2. The van der Waals surface area contributed by atoms with Crippen molar-refractivity contribution in [2.45, 2.75) is 20.0 Å². The van der Waals surface area contributed by atoms with Crippen LogP contribution < -0.4 is 10.1 Å². The minimum atomic E-state index is -4.51. The molecule has 1 aromatic heterocycles. The molecule has 0 fully saturated rings. The molecule has 0 bridgehead atoms. The molecular formula is C26H21F3N2O2. The van der Waals surface area contributed by atoms with E-state index in [9.17, 15) is 18.0 Å². The van der Waals surface area contributed by atoms with Crippen LogP contribution in [0.15, 0.2) is 84.9 Å². The van der Waals surface area contributed by atoms with Crippen LogP contribution in [0.1, 0.15) is 27.3 Å². The molecule has 4 nitrogen and oxygen atoms in total. The highest BCUT2D eigenvalue weighted by molar-refractivity contribution is 6.05. The number of amides is 1. The van der Waals surface area contributed by atoms with Gasteiger partial charge in [-0.3, -0.25) is 4.79 Å². The van der Waals surface area contributed by atoms with Crippen molar-refractivity contribution in [2.24, 2.45) is 0 Å². The summed E-state index contributed by atoms with van der Waals surface area (Å²) in [5.74, 6) is 0.784. The molecule has 4 rings (SSSR count). The van der Waals surface area contributed by atoms with E-state index in [0.717, 1.165) is 6.07 Å². The number of hydrogen-bond donors (Lipinski definition) is 1. The van der Waals surface area contributed by atoms with E-state index >= 15 is 0 Å². The third-order valence-corrected chi connectivity index (χ3v) is 5.20. The minimum absolute atomic E-state index is 0.0164. The molecule has 0 radical (unpaired) electrons. The predicted octanol–water partition coefficient (Wildman–Crippen LogP) is 7.16. The molecule has 0 aliphatic rings. The van der Waals surface area contributed by atoms with Crippen LogP contribution in [0.25, 0.3) is 5.69 Å². The maximum atomic E-state index is 13.5. The van der Waals surface area contributed by atoms with Gasteiger partial charge in [-0.1, -0.05) is 36.4 Å². The van der Waals surface area contributed by atoms with Crippen molar-refractivity contribution < 1.29 is 22.7 Å². The Morgan fingerprint density at radius 2 is 1.52 bits per heavy atom. The zero-order valence-corrected chi connectivity index (χ0v) is 18.0. The number of aromatic nitrogens is 1. The number of carbonyl (C=O) groups excluding carboxylic acids is 1. The molecule has 4 aromatic rings. The number of hydrogen-bond acceptors (Lipinski definition) is 2. The summed E-state index contributed by atoms with van der Waals surface area (Å²) in [6.45, 7) is 3.30. The molecule has 1 heterocycles. The number of halogens is 3. The van der Waals surface area contributed by atoms with Crippen molar-refractivity contribution in [1.29, 1.82) is 0 Å². The summed E-state index contributed by atoms with van der Waals surface area (Å²) in [5.41, 5.74) is 0.962. The first-order valence-corrected chi connectivity index (χ1v) is 10.2. The van der Waals surface area contributed by atoms with Crippen LogP contribution >= 0.6 is 0 Å². The molecule has 1 amide bonds. The second-order valence-electron chi connectivity index (χ2n) is 7.53. The second-order valence-corrected chi connectivity index (χ2v) is 7.53. The largest absolute Gasteiger partial charge is 0.457 e. The van der Waals surface area contributed by atoms with Crippen LogP contribution in [-0.4, -0.2) is 10.5 Å². The number of ether oxygens (including phenoxy) is 1. The van der Waals surface area contributed by atoms with Crippen LogP contribution in [-0.2, 0) is 6.18 Å². The Morgan fingerprint density at radius 1 is 0.848 bits per heavy atom. The lowest BCUT2D eigenvalue weighted by molar-refractivity contribution is -0.137. The summed E-state index contributed by atoms with van der Waals surface area (Å²) in [4.78, 5) is 13.0. The topological polar surface area (TPSA) is 43.3 Å². The number of benzene rings is 3. The van der Waals surface area contributed by atoms with Gasteiger partial charge in [0.1, 0.15) is 11.5 Å². The number of para-hydroxylation sites is 2. The molecule has 1 N–H and O–H groups in total. The Bertz CT molecular complexity index is 1290. The number of nitrogens with one attached hydrogen (secondary N) is 1. The number of anilines is 1. The van der Waals surface area contributed by atoms with Gasteiger partial charge in [0.2, 0.25) is 0 Å². The number of carbonyl (C=O) groups is 1. The maximum absolute atomic E-state index is 13.5. The monoisotopic (exact) mass is 450 g/mol. The van der Waals surface area contributed by atoms with E-state index in [1.165, 1.54) is 16.7 Å². The van der Waals surface area contributed by atoms with E-state index in [4.69, 9.17) is 4.74 Å². The molecule has 0 aliphatic carbocycles. The van der Waals surface area contributed by atoms with Crippen LogP contribution in [0.5, 0.6) is 11.5 Å². The summed E-state index contributed by atoms with van der Waals surface area (Å²) in [5, 5.41) is 2.81. The summed E-state index contributed by atoms with van der Waals surface area (Å²) in [6, 6.07) is 23.0. The lowest BCUT2D eigenvalue weighted by atomic mass is 10.1. The van der Waals surface area contributed by atoms with Gasteiger partial charge in [-0.2, -0.15) is 13.2 Å². The summed E-state index contributed by atoms with van der Waals surface area (Å²) >= 11 is 0. The highest BCUT2D eigenvalue weighted by Crippen LogP contribution is 2.35. The molecule has 0 atom stereocenters. The molecule has 0 saturated carbocycles. The maximum Gasteiger partial charge on any atom is 0.418 e. The summed E-state index contributed by atoms with van der Waals surface area (Å²) < 4.78 is 47.9. The summed E-state index contributed by atoms with van der Waals surface area (Å²) in [6.07, 6.45) is -4.51. The van der Waals surface area contributed by atoms with Gasteiger partial charge < -0.3 is 14.6 Å². The fraction of sp³-hybridized carbons (Fsp3) is 0.115. The molecule has 7 heteroatoms. The average Bonchev–Trinajstić information content (AvgIpc) is 3.08. The molecule has 0 saturated heterocycles. The van der Waals surface area contributed by atoms with Gasteiger partial charge in [0.15, 0.2) is 0 Å². The Hall–Kier alpha value is -4.00. The van der Waals surface area contributed by atoms with Gasteiger partial charge in [-0.15, -0.1) is 0 Å². The highest BCUT2D eigenvalue weighted by atomic mass is 19.4. The van der Waals surface area contributed by atoms with Gasteiger partial charge in [-0.25, -0.2) is 0 Å². The molecular weight excluding hydrogens is 429 g/mol. The van der Waals surface area contributed by atoms with Crippen LogP contribution in [0.2, 0.25) is 0 Å². The van der Waals surface area contributed by atoms with E-state index in [0.29, 0.717) is 34.1 Å². The van der Waals surface area contributed by atoms with Crippen LogP contribution in [0, 0.1) is 13.8 Å². The van der Waals surface area contributed by atoms with Gasteiger partial charge in [-0.05, 0) is 56.3 Å². The third kappa shape index (κ3) is 4.77. The van der Waals surface area contributed by atoms with Gasteiger partial charge in [0.05, 0.1) is 16.8 Å². The van der Waals surface area contributed by atoms with Gasteiger partial charge in [0, 0.05) is 23.1 Å². The molecule has 33 heavy (non-hydrogen) atoms. The number of aryl methyl sites for hydroxylation is 1. The minimum Gasteiger partial charge on any atom is -0.457 e. The first-order chi connectivity index (χ1) is 15.7. The Morgan fingerprint density at radius 3 is 2.24 bits per heavy atom. The van der Waals surface area contributed by atoms with E-state index < -0.39 is 17.6 Å². The van der Waals surface area contributed by atoms with Crippen LogP contribution in [0.3, 0.4) is 0 Å². The Balaban J connectivity index is 1.61. The lowest BCUT2D eigenvalue weighted by Gasteiger charge is -2.17. The van der Waals surface area contributed by atoms with Gasteiger partial charge in [0.25, 0.3) is 5.91 Å². The number of alkyl halides is 3. The van der Waals surface area contributed by atoms with Crippen molar-refractivity contribution in [2.75, 3.05) is 5.32 Å². The molecule has 0 spiro atoms. The zero-order chi connectivity index (χ0) is 23.6. The van der Waals surface area contributed by atoms with E-state index in [1.807, 2.05) is 30.3 Å². The molecule has 3 aromatic carbocycles. The number of nitrogens with zero attached hydrogens (tertiary/aromatic N) is 1. The van der Waals surface area contributed by atoms with Crippen molar-refractivity contribution in [1.82, 2.24) is 4.57 Å². The van der Waals surface area contributed by atoms with Crippen molar-refractivity contribution in [3.8, 4) is 17.2 Å². The van der Waals surface area contributed by atoms with Crippen molar-refractivity contribution >= 4 is 11.6 Å². The fourth-order valence-electron chi connectivity index (χ4n) is 3.73. The van der Waals surface area contributed by atoms with Crippen molar-refractivity contribution in [3.05, 3.63) is 107 Å². The quantitative estimate of drug-likeness (QED) is 0.351. The number of rotatable bonds is 5. The molecule has 168 valence electrons. The highest BCUT2D eigenvalue weighted by Gasteiger charge is 2.34. The van der Waals surface area contributed by atoms with E-state index in [-0.39, 0.29) is 5.69 Å². The van der Waals surface area contributed by atoms with E-state index in [1.54, 1.807) is 50.2 Å². The summed E-state index contributed by atoms with van der Waals surface area (Å²) in [7, 11) is 0. The van der Waals surface area contributed by atoms with E-state index in [2.05, 4.69) is 5.32 Å². The van der Waals surface area contributed by atoms with Gasteiger partial charge >= 0.3 is 6.18 Å². The fourth-order valence-corrected chi connectivity index (χ4v) is 3.73. The standard InChI is InChI=1S/C26H21F3N2O2/c1-17-15-22(18(2)31(17)24-14-7-6-13-23(24)26(27,28)29)25(32)30-19-9-8-12-21(16-19)33-20-10-4-3-5-11-20/h3-16H,1-2H3,(H,30,32). The van der Waals surface area contributed by atoms with Crippen molar-refractivity contribution in [3.63, 3.8) is 0 Å². The third-order valence-electron chi connectivity index (χ3n) is 5.20. The Kier molecular flexibility index (Phi) is 5.96. The molecule has 0 unspecified atom stereocenters. The predicted molar refractivity (Wildman–Crippen MR) is 121 cm³/mol. The molecule has 0 aliphatic heterocycles. The lowest BCUT2D eigenvalue weighted by Crippen LogP contribution is -2.15. The smallest absolute Gasteiger partial charge is 0.418 e. The first kappa shape index (κ1) is 22.2. The SMILES string of the molecule is Cc1cc(C(=O)Nc2cccc(Oc3ccccc3)c2)c(C)n1-c1ccccc1C(F)(F)F.